The lowest BCUT2D eigenvalue weighted by Gasteiger charge is -1.98. The van der Waals surface area contributed by atoms with Crippen molar-refractivity contribution < 1.29 is 0 Å². The van der Waals surface area contributed by atoms with E-state index in [9.17, 15) is 9.59 Å². The molecular weight excluding hydrogens is 246 g/mol. The van der Waals surface area contributed by atoms with Gasteiger partial charge in [-0.3, -0.25) is 14.8 Å². The molecule has 0 atom stereocenters. The molecule has 0 aliphatic heterocycles. The second-order valence-electron chi connectivity index (χ2n) is 3.89. The summed E-state index contributed by atoms with van der Waals surface area (Å²) in [7, 11) is 0. The van der Waals surface area contributed by atoms with Crippen molar-refractivity contribution in [1.29, 1.82) is 0 Å². The van der Waals surface area contributed by atoms with Crippen molar-refractivity contribution in [2.75, 3.05) is 5.73 Å². The van der Waals surface area contributed by atoms with Gasteiger partial charge >= 0.3 is 5.69 Å². The van der Waals surface area contributed by atoms with Crippen LogP contribution in [0, 0.1) is 0 Å². The molecule has 0 radical (unpaired) electrons. The molecule has 1 aromatic carbocycles. The van der Waals surface area contributed by atoms with Gasteiger partial charge in [0.1, 0.15) is 5.82 Å². The van der Waals surface area contributed by atoms with Crippen LogP contribution < -0.4 is 17.0 Å². The summed E-state index contributed by atoms with van der Waals surface area (Å²) in [4.78, 5) is 26.7. The molecule has 98 valence electrons. The molecule has 0 aliphatic carbocycles. The average molecular weight is 259 g/mol. The second-order valence-corrected chi connectivity index (χ2v) is 3.89. The fraction of sp³-hybridized carbons (Fsp3) is 0.167. The number of H-pyrrole nitrogens is 2. The largest absolute Gasteiger partial charge is 0.383 e. The Morgan fingerprint density at radius 1 is 1.11 bits per heavy atom. The molecule has 0 unspecified atom stereocenters. The Labute approximate surface area is 108 Å². The van der Waals surface area contributed by atoms with Crippen LogP contribution in [0.1, 0.15) is 12.5 Å². The van der Waals surface area contributed by atoms with E-state index >= 15 is 0 Å². The number of benzene rings is 1. The highest BCUT2D eigenvalue weighted by Crippen LogP contribution is 2.18. The molecule has 0 bridgehead atoms. The van der Waals surface area contributed by atoms with E-state index in [4.69, 9.17) is 5.73 Å². The third kappa shape index (κ3) is 2.95. The molecule has 2 aromatic rings. The van der Waals surface area contributed by atoms with E-state index in [1.807, 2.05) is 17.1 Å². The minimum atomic E-state index is -0.672. The summed E-state index contributed by atoms with van der Waals surface area (Å²) in [6.45, 7) is 2.05. The molecule has 0 saturated heterocycles. The quantitative estimate of drug-likeness (QED) is 0.727. The number of aromatic nitrogens is 2. The van der Waals surface area contributed by atoms with Gasteiger partial charge in [-0.1, -0.05) is 19.1 Å². The highest BCUT2D eigenvalue weighted by Gasteiger charge is 2.04. The van der Waals surface area contributed by atoms with Crippen molar-refractivity contribution >= 4 is 17.2 Å². The van der Waals surface area contributed by atoms with Crippen molar-refractivity contribution in [3.05, 3.63) is 50.7 Å². The number of aromatic amines is 2. The van der Waals surface area contributed by atoms with Crippen molar-refractivity contribution in [3.8, 4) is 0 Å². The highest BCUT2D eigenvalue weighted by molar-refractivity contribution is 5.54. The molecule has 4 N–H and O–H groups in total. The monoisotopic (exact) mass is 259 g/mol. The zero-order valence-electron chi connectivity index (χ0n) is 10.3. The first kappa shape index (κ1) is 12.7. The van der Waals surface area contributed by atoms with Gasteiger partial charge in [0.25, 0.3) is 5.56 Å². The number of aryl methyl sites for hydroxylation is 1. The summed E-state index contributed by atoms with van der Waals surface area (Å²) in [6.07, 6.45) is 0.934. The first-order valence-electron chi connectivity index (χ1n) is 5.73. The highest BCUT2D eigenvalue weighted by atomic mass is 16.2. The Balaban J connectivity index is 2.32. The maximum absolute atomic E-state index is 11.5. The number of rotatable bonds is 3. The van der Waals surface area contributed by atoms with E-state index in [-0.39, 0.29) is 11.5 Å². The van der Waals surface area contributed by atoms with Gasteiger partial charge in [-0.15, -0.1) is 5.11 Å². The molecule has 19 heavy (non-hydrogen) atoms. The van der Waals surface area contributed by atoms with Crippen LogP contribution in [0.4, 0.5) is 17.2 Å². The van der Waals surface area contributed by atoms with Crippen LogP contribution in [-0.2, 0) is 6.42 Å². The standard InChI is InChI=1S/C12H13N5O2/c1-2-7-3-5-8(6-4-7)16-17-9-10(13)14-12(19)15-11(9)18/h3-6H,2H2,1H3,(H4,13,14,15,18,19). The lowest BCUT2D eigenvalue weighted by Crippen LogP contribution is -2.23. The molecule has 0 fully saturated rings. The predicted molar refractivity (Wildman–Crippen MR) is 72.1 cm³/mol. The molecular formula is C12H13N5O2. The zero-order chi connectivity index (χ0) is 13.8. The summed E-state index contributed by atoms with van der Waals surface area (Å²) in [5, 5.41) is 7.66. The van der Waals surface area contributed by atoms with Crippen LogP contribution in [0.2, 0.25) is 0 Å². The van der Waals surface area contributed by atoms with E-state index in [0.29, 0.717) is 5.69 Å². The SMILES string of the molecule is CCc1ccc(N=Nc2c(N)[nH]c(=O)[nH]c2=O)cc1. The number of nitrogens with zero attached hydrogens (tertiary/aromatic N) is 2. The summed E-state index contributed by atoms with van der Waals surface area (Å²) in [6, 6.07) is 7.43. The van der Waals surface area contributed by atoms with Gasteiger partial charge in [-0.25, -0.2) is 4.79 Å². The van der Waals surface area contributed by atoms with Crippen molar-refractivity contribution in [1.82, 2.24) is 9.97 Å². The van der Waals surface area contributed by atoms with Gasteiger partial charge in [-0.05, 0) is 24.1 Å². The maximum atomic E-state index is 11.5. The second kappa shape index (κ2) is 5.30. The fourth-order valence-corrected chi connectivity index (χ4v) is 1.50. The summed E-state index contributed by atoms with van der Waals surface area (Å²) in [5.74, 6) is -0.109. The van der Waals surface area contributed by atoms with E-state index in [2.05, 4.69) is 22.1 Å². The molecule has 1 heterocycles. The lowest BCUT2D eigenvalue weighted by atomic mass is 10.2. The molecule has 0 saturated carbocycles. The van der Waals surface area contributed by atoms with Crippen molar-refractivity contribution in [2.24, 2.45) is 10.2 Å². The van der Waals surface area contributed by atoms with Crippen LogP contribution in [-0.4, -0.2) is 9.97 Å². The van der Waals surface area contributed by atoms with Crippen LogP contribution in [0.3, 0.4) is 0 Å². The summed E-state index contributed by atoms with van der Waals surface area (Å²) >= 11 is 0. The first-order chi connectivity index (χ1) is 9.10. The third-order valence-electron chi connectivity index (χ3n) is 2.56. The maximum Gasteiger partial charge on any atom is 0.327 e. The molecule has 1 aromatic heterocycles. The predicted octanol–water partition coefficient (Wildman–Crippen LogP) is 1.62. The van der Waals surface area contributed by atoms with E-state index in [1.165, 1.54) is 5.56 Å². The van der Waals surface area contributed by atoms with E-state index in [1.54, 1.807) is 12.1 Å². The topological polar surface area (TPSA) is 116 Å². The van der Waals surface area contributed by atoms with E-state index in [0.717, 1.165) is 6.42 Å². The Morgan fingerprint density at radius 2 is 1.79 bits per heavy atom. The van der Waals surface area contributed by atoms with Gasteiger partial charge in [0.05, 0.1) is 5.69 Å². The number of nitrogen functional groups attached to an aromatic ring is 1. The van der Waals surface area contributed by atoms with Crippen LogP contribution in [0.5, 0.6) is 0 Å². The molecule has 0 spiro atoms. The molecule has 7 nitrogen and oxygen atoms in total. The molecule has 2 rings (SSSR count). The number of azo groups is 1. The van der Waals surface area contributed by atoms with Crippen molar-refractivity contribution in [2.45, 2.75) is 13.3 Å². The van der Waals surface area contributed by atoms with Gasteiger partial charge in [0.2, 0.25) is 0 Å². The normalized spacial score (nSPS) is 11.0. The Morgan fingerprint density at radius 3 is 2.37 bits per heavy atom. The first-order valence-corrected chi connectivity index (χ1v) is 5.73. The zero-order valence-corrected chi connectivity index (χ0v) is 10.3. The Kier molecular flexibility index (Phi) is 3.56. The summed E-state index contributed by atoms with van der Waals surface area (Å²) < 4.78 is 0. The van der Waals surface area contributed by atoms with Crippen LogP contribution >= 0.6 is 0 Å². The van der Waals surface area contributed by atoms with Crippen molar-refractivity contribution in [3.63, 3.8) is 0 Å². The minimum Gasteiger partial charge on any atom is -0.383 e. The van der Waals surface area contributed by atoms with Gasteiger partial charge in [-0.2, -0.15) is 5.11 Å². The number of anilines is 1. The van der Waals surface area contributed by atoms with E-state index < -0.39 is 11.2 Å². The van der Waals surface area contributed by atoms with Gasteiger partial charge in [0, 0.05) is 0 Å². The third-order valence-corrected chi connectivity index (χ3v) is 2.56. The van der Waals surface area contributed by atoms with Gasteiger partial charge < -0.3 is 5.73 Å². The Bertz CT molecular complexity index is 712. The smallest absolute Gasteiger partial charge is 0.327 e. The number of nitrogens with one attached hydrogen (secondary N) is 2. The van der Waals surface area contributed by atoms with Gasteiger partial charge in [0.15, 0.2) is 5.69 Å². The fourth-order valence-electron chi connectivity index (χ4n) is 1.50. The lowest BCUT2D eigenvalue weighted by molar-refractivity contribution is 1.03. The molecule has 0 aliphatic rings. The number of hydrogen-bond acceptors (Lipinski definition) is 5. The average Bonchev–Trinajstić information content (AvgIpc) is 2.38. The number of hydrogen-bond donors (Lipinski definition) is 3. The van der Waals surface area contributed by atoms with Crippen LogP contribution in [0.15, 0.2) is 44.1 Å². The molecule has 0 amide bonds. The number of nitrogens with two attached hydrogens (primary N) is 1. The van der Waals surface area contributed by atoms with Crippen LogP contribution in [0.25, 0.3) is 0 Å². The summed E-state index contributed by atoms with van der Waals surface area (Å²) in [5.41, 5.74) is 5.83. The molecule has 7 heteroatoms. The Hall–Kier alpha value is -2.70. The minimum absolute atomic E-state index is 0.109.